The van der Waals surface area contributed by atoms with E-state index in [1.807, 2.05) is 7.05 Å². The molecular weight excluding hydrogens is 410 g/mol. The van der Waals surface area contributed by atoms with E-state index in [2.05, 4.69) is 30.0 Å². The Morgan fingerprint density at radius 3 is 2.71 bits per heavy atom. The highest BCUT2D eigenvalue weighted by Crippen LogP contribution is 2.28. The maximum atomic E-state index is 12.9. The number of amides is 1. The number of carbonyl (C=O) groups is 1. The molecule has 1 saturated heterocycles. The van der Waals surface area contributed by atoms with Crippen LogP contribution in [0.15, 0.2) is 36.9 Å². The number of imidazole rings is 1. The lowest BCUT2D eigenvalue weighted by atomic mass is 9.95. The van der Waals surface area contributed by atoms with E-state index in [-0.39, 0.29) is 17.5 Å². The van der Waals surface area contributed by atoms with Crippen LogP contribution in [0.2, 0.25) is 0 Å². The lowest BCUT2D eigenvalue weighted by Gasteiger charge is -2.22. The van der Waals surface area contributed by atoms with Crippen LogP contribution < -0.4 is 10.1 Å². The highest BCUT2D eigenvalue weighted by Gasteiger charge is 2.22. The van der Waals surface area contributed by atoms with Crippen LogP contribution in [0.5, 0.6) is 5.88 Å². The van der Waals surface area contributed by atoms with Crippen LogP contribution >= 0.6 is 0 Å². The predicted molar refractivity (Wildman–Crippen MR) is 106 cm³/mol. The van der Waals surface area contributed by atoms with Gasteiger partial charge < -0.3 is 19.4 Å². The zero-order valence-corrected chi connectivity index (χ0v) is 16.7. The second-order valence-electron chi connectivity index (χ2n) is 7.00. The summed E-state index contributed by atoms with van der Waals surface area (Å²) in [4.78, 5) is 29.8. The second kappa shape index (κ2) is 9.13. The molecule has 1 fully saturated rings. The summed E-state index contributed by atoms with van der Waals surface area (Å²) in [5, 5.41) is 2.67. The molecule has 162 valence electrons. The first-order valence-electron chi connectivity index (χ1n) is 9.65. The van der Waals surface area contributed by atoms with Crippen LogP contribution in [-0.2, 0) is 11.8 Å². The molecule has 4 heterocycles. The van der Waals surface area contributed by atoms with Gasteiger partial charge in [-0.05, 0) is 25.0 Å². The molecule has 0 atom stereocenters. The molecule has 0 aliphatic carbocycles. The summed E-state index contributed by atoms with van der Waals surface area (Å²) in [7, 11) is 1.82. The Balaban J connectivity index is 1.61. The van der Waals surface area contributed by atoms with Gasteiger partial charge in [0.2, 0.25) is 5.88 Å². The summed E-state index contributed by atoms with van der Waals surface area (Å²) in [6.07, 6.45) is 6.11. The van der Waals surface area contributed by atoms with Crippen molar-refractivity contribution >= 4 is 11.6 Å². The van der Waals surface area contributed by atoms with E-state index in [0.29, 0.717) is 30.4 Å². The molecule has 1 aliphatic heterocycles. The van der Waals surface area contributed by atoms with Crippen molar-refractivity contribution in [1.29, 1.82) is 0 Å². The van der Waals surface area contributed by atoms with E-state index in [1.165, 1.54) is 18.3 Å². The molecule has 0 aromatic carbocycles. The van der Waals surface area contributed by atoms with E-state index in [1.54, 1.807) is 23.2 Å². The summed E-state index contributed by atoms with van der Waals surface area (Å²) >= 11 is 0. The monoisotopic (exact) mass is 430 g/mol. The van der Waals surface area contributed by atoms with Crippen LogP contribution in [0.25, 0.3) is 11.5 Å². The van der Waals surface area contributed by atoms with Crippen LogP contribution in [0.3, 0.4) is 0 Å². The first kappa shape index (κ1) is 20.8. The molecule has 11 heteroatoms. The molecule has 4 rings (SSSR count). The van der Waals surface area contributed by atoms with E-state index >= 15 is 0 Å². The highest BCUT2D eigenvalue weighted by atomic mass is 19.3. The SMILES string of the molecule is Cn1cncc1-c1nc(C(=O)Nc2ccc(OC(F)F)nc2)cc(C2CCOCC2)n1. The van der Waals surface area contributed by atoms with Gasteiger partial charge in [0, 0.05) is 37.9 Å². The quantitative estimate of drug-likeness (QED) is 0.641. The average Bonchev–Trinajstić information content (AvgIpc) is 3.21. The lowest BCUT2D eigenvalue weighted by molar-refractivity contribution is -0.0528. The van der Waals surface area contributed by atoms with E-state index in [9.17, 15) is 13.6 Å². The topological polar surface area (TPSA) is 104 Å². The number of aryl methyl sites for hydroxylation is 1. The van der Waals surface area contributed by atoms with Gasteiger partial charge in [0.1, 0.15) is 11.4 Å². The lowest BCUT2D eigenvalue weighted by Crippen LogP contribution is -2.19. The Morgan fingerprint density at radius 2 is 2.06 bits per heavy atom. The van der Waals surface area contributed by atoms with Gasteiger partial charge in [-0.1, -0.05) is 0 Å². The second-order valence-corrected chi connectivity index (χ2v) is 7.00. The van der Waals surface area contributed by atoms with Crippen LogP contribution in [0.4, 0.5) is 14.5 Å². The zero-order chi connectivity index (χ0) is 21.8. The number of aromatic nitrogens is 5. The Kier molecular flexibility index (Phi) is 6.12. The maximum absolute atomic E-state index is 12.9. The summed E-state index contributed by atoms with van der Waals surface area (Å²) in [5.41, 5.74) is 1.94. The Labute approximate surface area is 176 Å². The number of hydrogen-bond acceptors (Lipinski definition) is 7. The van der Waals surface area contributed by atoms with Crippen molar-refractivity contribution in [3.63, 3.8) is 0 Å². The Bertz CT molecular complexity index is 1050. The Morgan fingerprint density at radius 1 is 1.26 bits per heavy atom. The van der Waals surface area contributed by atoms with Crippen molar-refractivity contribution < 1.29 is 23.0 Å². The van der Waals surface area contributed by atoms with Crippen molar-refractivity contribution in [2.75, 3.05) is 18.5 Å². The van der Waals surface area contributed by atoms with Crippen molar-refractivity contribution in [2.24, 2.45) is 7.05 Å². The van der Waals surface area contributed by atoms with Gasteiger partial charge in [0.05, 0.1) is 24.4 Å². The highest BCUT2D eigenvalue weighted by molar-refractivity contribution is 6.03. The summed E-state index contributed by atoms with van der Waals surface area (Å²) in [6.45, 7) is -1.70. The summed E-state index contributed by atoms with van der Waals surface area (Å²) in [6, 6.07) is 4.34. The van der Waals surface area contributed by atoms with Crippen molar-refractivity contribution in [3.05, 3.63) is 48.3 Å². The molecule has 3 aromatic rings. The molecule has 3 aromatic heterocycles. The predicted octanol–water partition coefficient (Wildman–Crippen LogP) is 3.02. The number of alkyl halides is 2. The minimum absolute atomic E-state index is 0.155. The minimum Gasteiger partial charge on any atom is -0.417 e. The van der Waals surface area contributed by atoms with Gasteiger partial charge in [-0.25, -0.2) is 19.9 Å². The molecule has 9 nitrogen and oxygen atoms in total. The van der Waals surface area contributed by atoms with E-state index in [0.717, 1.165) is 18.5 Å². The molecule has 1 amide bonds. The average molecular weight is 430 g/mol. The number of pyridine rings is 1. The van der Waals surface area contributed by atoms with Crippen molar-refractivity contribution in [2.45, 2.75) is 25.4 Å². The number of nitrogens with one attached hydrogen (secondary N) is 1. The number of ether oxygens (including phenoxy) is 2. The fraction of sp³-hybridized carbons (Fsp3) is 0.350. The zero-order valence-electron chi connectivity index (χ0n) is 16.7. The van der Waals surface area contributed by atoms with Gasteiger partial charge in [-0.2, -0.15) is 8.78 Å². The third kappa shape index (κ3) is 5.00. The number of halogens is 2. The summed E-state index contributed by atoms with van der Waals surface area (Å²) in [5.74, 6) is -0.158. The van der Waals surface area contributed by atoms with Gasteiger partial charge in [-0.3, -0.25) is 4.79 Å². The number of anilines is 1. The smallest absolute Gasteiger partial charge is 0.388 e. The normalized spacial score (nSPS) is 14.6. The third-order valence-corrected chi connectivity index (χ3v) is 4.87. The van der Waals surface area contributed by atoms with Gasteiger partial charge >= 0.3 is 6.61 Å². The van der Waals surface area contributed by atoms with E-state index < -0.39 is 12.5 Å². The largest absolute Gasteiger partial charge is 0.417 e. The molecule has 1 N–H and O–H groups in total. The molecule has 0 unspecified atom stereocenters. The van der Waals surface area contributed by atoms with Crippen LogP contribution in [0, 0.1) is 0 Å². The number of carbonyl (C=O) groups excluding carboxylic acids is 1. The molecule has 0 radical (unpaired) electrons. The van der Waals surface area contributed by atoms with Crippen LogP contribution in [0.1, 0.15) is 34.9 Å². The number of nitrogens with zero attached hydrogens (tertiary/aromatic N) is 5. The van der Waals surface area contributed by atoms with Gasteiger partial charge in [0.15, 0.2) is 5.82 Å². The molecule has 0 saturated carbocycles. The van der Waals surface area contributed by atoms with Gasteiger partial charge in [0.25, 0.3) is 5.91 Å². The molecule has 1 aliphatic rings. The number of rotatable bonds is 6. The standard InChI is InChI=1S/C20H20F2N6O3/c1-28-11-23-10-16(28)18-26-14(12-4-6-30-7-5-12)8-15(27-18)19(29)25-13-2-3-17(24-9-13)31-20(21)22/h2-3,8-12,20H,4-7H2,1H3,(H,25,29). The first-order valence-corrected chi connectivity index (χ1v) is 9.65. The van der Waals surface area contributed by atoms with Crippen molar-refractivity contribution in [1.82, 2.24) is 24.5 Å². The van der Waals surface area contributed by atoms with Crippen molar-refractivity contribution in [3.8, 4) is 17.4 Å². The van der Waals surface area contributed by atoms with E-state index in [4.69, 9.17) is 4.74 Å². The first-order chi connectivity index (χ1) is 15.0. The Hall–Kier alpha value is -3.47. The summed E-state index contributed by atoms with van der Waals surface area (Å²) < 4.78 is 36.0. The molecule has 31 heavy (non-hydrogen) atoms. The fourth-order valence-corrected chi connectivity index (χ4v) is 3.28. The third-order valence-electron chi connectivity index (χ3n) is 4.87. The van der Waals surface area contributed by atoms with Crippen LogP contribution in [-0.4, -0.2) is 50.2 Å². The molecule has 0 spiro atoms. The maximum Gasteiger partial charge on any atom is 0.388 e. The molecule has 0 bridgehead atoms. The minimum atomic E-state index is -2.97. The fourth-order valence-electron chi connectivity index (χ4n) is 3.28. The molecular formula is C20H20F2N6O3. The number of hydrogen-bond donors (Lipinski definition) is 1. The van der Waals surface area contributed by atoms with Gasteiger partial charge in [-0.15, -0.1) is 0 Å².